The Bertz CT molecular complexity index is 374. The minimum Gasteiger partial charge on any atom is -0.369 e. The third kappa shape index (κ3) is 3.11. The fourth-order valence-electron chi connectivity index (χ4n) is 3.59. The SMILES string of the molecule is C[C@H]1CC[C@H](N2CCN(c3ccccc3)CC2)CC1. The van der Waals surface area contributed by atoms with E-state index in [0.717, 1.165) is 12.0 Å². The van der Waals surface area contributed by atoms with Gasteiger partial charge in [0, 0.05) is 37.9 Å². The van der Waals surface area contributed by atoms with Gasteiger partial charge in [-0.1, -0.05) is 25.1 Å². The Morgan fingerprint density at radius 1 is 0.842 bits per heavy atom. The first-order valence-corrected chi connectivity index (χ1v) is 7.87. The maximum absolute atomic E-state index is 2.74. The summed E-state index contributed by atoms with van der Waals surface area (Å²) < 4.78 is 0. The summed E-state index contributed by atoms with van der Waals surface area (Å²) in [4.78, 5) is 5.27. The fourth-order valence-corrected chi connectivity index (χ4v) is 3.59. The topological polar surface area (TPSA) is 6.48 Å². The summed E-state index contributed by atoms with van der Waals surface area (Å²) in [5.41, 5.74) is 1.39. The number of anilines is 1. The van der Waals surface area contributed by atoms with Crippen LogP contribution in [0.25, 0.3) is 0 Å². The van der Waals surface area contributed by atoms with E-state index in [4.69, 9.17) is 0 Å². The Balaban J connectivity index is 1.52. The summed E-state index contributed by atoms with van der Waals surface area (Å²) in [5.74, 6) is 0.960. The lowest BCUT2D eigenvalue weighted by molar-refractivity contribution is 0.133. The molecule has 104 valence electrons. The highest BCUT2D eigenvalue weighted by Gasteiger charge is 2.26. The third-order valence-electron chi connectivity index (χ3n) is 4.94. The van der Waals surface area contributed by atoms with Crippen molar-refractivity contribution >= 4 is 5.69 Å². The van der Waals surface area contributed by atoms with Gasteiger partial charge in [-0.15, -0.1) is 0 Å². The fraction of sp³-hybridized carbons (Fsp3) is 0.647. The molecule has 1 heterocycles. The minimum absolute atomic E-state index is 0.870. The van der Waals surface area contributed by atoms with Gasteiger partial charge in [0.2, 0.25) is 0 Å². The highest BCUT2D eigenvalue weighted by Crippen LogP contribution is 2.28. The monoisotopic (exact) mass is 258 g/mol. The number of hydrogen-bond donors (Lipinski definition) is 0. The van der Waals surface area contributed by atoms with Crippen LogP contribution in [-0.4, -0.2) is 37.1 Å². The lowest BCUT2D eigenvalue weighted by Gasteiger charge is -2.42. The Labute approximate surface area is 117 Å². The molecule has 19 heavy (non-hydrogen) atoms. The van der Waals surface area contributed by atoms with Crippen LogP contribution in [0.3, 0.4) is 0 Å². The van der Waals surface area contributed by atoms with E-state index in [1.807, 2.05) is 0 Å². The van der Waals surface area contributed by atoms with Crippen molar-refractivity contribution in [2.45, 2.75) is 38.6 Å². The Hall–Kier alpha value is -1.02. The van der Waals surface area contributed by atoms with Crippen molar-refractivity contribution in [3.8, 4) is 0 Å². The molecule has 0 atom stereocenters. The van der Waals surface area contributed by atoms with Crippen LogP contribution in [0.1, 0.15) is 32.6 Å². The van der Waals surface area contributed by atoms with Gasteiger partial charge in [0.15, 0.2) is 0 Å². The molecule has 1 saturated heterocycles. The van der Waals surface area contributed by atoms with Gasteiger partial charge < -0.3 is 4.90 Å². The number of piperazine rings is 1. The van der Waals surface area contributed by atoms with Gasteiger partial charge >= 0.3 is 0 Å². The average molecular weight is 258 g/mol. The van der Waals surface area contributed by atoms with E-state index in [1.165, 1.54) is 57.5 Å². The van der Waals surface area contributed by atoms with Crippen molar-refractivity contribution in [3.05, 3.63) is 30.3 Å². The molecule has 1 aromatic carbocycles. The smallest absolute Gasteiger partial charge is 0.0367 e. The van der Waals surface area contributed by atoms with Crippen LogP contribution >= 0.6 is 0 Å². The molecule has 0 aromatic heterocycles. The zero-order chi connectivity index (χ0) is 13.1. The van der Waals surface area contributed by atoms with E-state index in [0.29, 0.717) is 0 Å². The summed E-state index contributed by atoms with van der Waals surface area (Å²) in [7, 11) is 0. The zero-order valence-corrected chi connectivity index (χ0v) is 12.1. The van der Waals surface area contributed by atoms with Gasteiger partial charge in [0.25, 0.3) is 0 Å². The normalized spacial score (nSPS) is 29.4. The highest BCUT2D eigenvalue weighted by atomic mass is 15.3. The molecule has 0 amide bonds. The Morgan fingerprint density at radius 3 is 2.11 bits per heavy atom. The molecule has 2 fully saturated rings. The first kappa shape index (κ1) is 13.0. The van der Waals surface area contributed by atoms with Gasteiger partial charge in [-0.25, -0.2) is 0 Å². The standard InChI is InChI=1S/C17H26N2/c1-15-7-9-17(10-8-15)19-13-11-18(12-14-19)16-5-3-2-4-6-16/h2-6,15,17H,7-14H2,1H3/t15-,17-. The second-order valence-corrected chi connectivity index (χ2v) is 6.27. The summed E-state index contributed by atoms with van der Waals surface area (Å²) in [6, 6.07) is 11.7. The molecule has 0 unspecified atom stereocenters. The molecule has 1 aliphatic heterocycles. The molecule has 0 spiro atoms. The molecular formula is C17H26N2. The summed E-state index contributed by atoms with van der Waals surface area (Å²) in [5, 5.41) is 0. The van der Waals surface area contributed by atoms with E-state index in [1.54, 1.807) is 0 Å². The maximum Gasteiger partial charge on any atom is 0.0367 e. The molecule has 3 rings (SSSR count). The lowest BCUT2D eigenvalue weighted by Crippen LogP contribution is -2.51. The molecular weight excluding hydrogens is 232 g/mol. The molecule has 1 saturated carbocycles. The number of hydrogen-bond acceptors (Lipinski definition) is 2. The maximum atomic E-state index is 2.74. The van der Waals surface area contributed by atoms with E-state index in [-0.39, 0.29) is 0 Å². The van der Waals surface area contributed by atoms with Gasteiger partial charge in [-0.05, 0) is 43.7 Å². The van der Waals surface area contributed by atoms with E-state index in [9.17, 15) is 0 Å². The largest absolute Gasteiger partial charge is 0.369 e. The average Bonchev–Trinajstić information content (AvgIpc) is 2.49. The van der Waals surface area contributed by atoms with Gasteiger partial charge in [-0.3, -0.25) is 4.90 Å². The van der Waals surface area contributed by atoms with Crippen molar-refractivity contribution in [1.82, 2.24) is 4.90 Å². The van der Waals surface area contributed by atoms with E-state index in [2.05, 4.69) is 47.1 Å². The molecule has 2 heteroatoms. The van der Waals surface area contributed by atoms with Crippen LogP contribution in [0.5, 0.6) is 0 Å². The lowest BCUT2D eigenvalue weighted by atomic mass is 9.86. The molecule has 0 bridgehead atoms. The number of para-hydroxylation sites is 1. The van der Waals surface area contributed by atoms with Crippen LogP contribution in [0.2, 0.25) is 0 Å². The minimum atomic E-state index is 0.870. The van der Waals surface area contributed by atoms with Crippen molar-refractivity contribution < 1.29 is 0 Å². The zero-order valence-electron chi connectivity index (χ0n) is 12.1. The van der Waals surface area contributed by atoms with Crippen molar-refractivity contribution in [3.63, 3.8) is 0 Å². The van der Waals surface area contributed by atoms with Crippen LogP contribution in [0.4, 0.5) is 5.69 Å². The predicted molar refractivity (Wildman–Crippen MR) is 81.6 cm³/mol. The summed E-state index contributed by atoms with van der Waals surface area (Å²) in [6.45, 7) is 7.28. The first-order chi connectivity index (χ1) is 9.33. The van der Waals surface area contributed by atoms with Crippen molar-refractivity contribution in [2.24, 2.45) is 5.92 Å². The van der Waals surface area contributed by atoms with Crippen LogP contribution in [0.15, 0.2) is 30.3 Å². The first-order valence-electron chi connectivity index (χ1n) is 7.87. The highest BCUT2D eigenvalue weighted by molar-refractivity contribution is 5.46. The molecule has 0 N–H and O–H groups in total. The summed E-state index contributed by atoms with van der Waals surface area (Å²) >= 11 is 0. The van der Waals surface area contributed by atoms with Gasteiger partial charge in [0.1, 0.15) is 0 Å². The second-order valence-electron chi connectivity index (χ2n) is 6.27. The van der Waals surface area contributed by atoms with Gasteiger partial charge in [0.05, 0.1) is 0 Å². The van der Waals surface area contributed by atoms with E-state index >= 15 is 0 Å². The number of benzene rings is 1. The van der Waals surface area contributed by atoms with Crippen LogP contribution in [0, 0.1) is 5.92 Å². The van der Waals surface area contributed by atoms with Crippen molar-refractivity contribution in [2.75, 3.05) is 31.1 Å². The van der Waals surface area contributed by atoms with E-state index < -0.39 is 0 Å². The Kier molecular flexibility index (Phi) is 4.07. The van der Waals surface area contributed by atoms with Crippen LogP contribution in [-0.2, 0) is 0 Å². The molecule has 0 radical (unpaired) electrons. The quantitative estimate of drug-likeness (QED) is 0.802. The molecule has 1 aliphatic carbocycles. The van der Waals surface area contributed by atoms with Gasteiger partial charge in [-0.2, -0.15) is 0 Å². The number of rotatable bonds is 2. The number of nitrogens with zero attached hydrogens (tertiary/aromatic N) is 2. The molecule has 1 aromatic rings. The summed E-state index contributed by atoms with van der Waals surface area (Å²) in [6.07, 6.45) is 5.71. The molecule has 2 aliphatic rings. The predicted octanol–water partition coefficient (Wildman–Crippen LogP) is 3.39. The second kappa shape index (κ2) is 5.96. The third-order valence-corrected chi connectivity index (χ3v) is 4.94. The Morgan fingerprint density at radius 2 is 1.47 bits per heavy atom. The molecule has 2 nitrogen and oxygen atoms in total. The van der Waals surface area contributed by atoms with Crippen molar-refractivity contribution in [1.29, 1.82) is 0 Å². The van der Waals surface area contributed by atoms with Crippen LogP contribution < -0.4 is 4.90 Å².